The number of nitrogens with one attached hydrogen (secondary N) is 2. The average molecular weight is 408 g/mol. The number of fused-ring (bicyclic) bond motifs is 2. The van der Waals surface area contributed by atoms with Crippen molar-refractivity contribution in [1.29, 1.82) is 0 Å². The van der Waals surface area contributed by atoms with Gasteiger partial charge in [-0.2, -0.15) is 10.2 Å². The molecular weight excluding hydrogens is 388 g/mol. The van der Waals surface area contributed by atoms with Crippen molar-refractivity contribution < 1.29 is 9.59 Å². The van der Waals surface area contributed by atoms with Gasteiger partial charge in [-0.3, -0.25) is 9.59 Å². The molecule has 152 valence electrons. The van der Waals surface area contributed by atoms with Crippen LogP contribution in [0.5, 0.6) is 0 Å². The van der Waals surface area contributed by atoms with Crippen LogP contribution >= 0.6 is 0 Å². The van der Waals surface area contributed by atoms with Crippen molar-refractivity contribution in [3.63, 3.8) is 0 Å². The molecule has 0 atom stereocenters. The fourth-order valence-electron chi connectivity index (χ4n) is 3.30. The number of hydrazone groups is 2. The van der Waals surface area contributed by atoms with Gasteiger partial charge >= 0.3 is 0 Å². The molecule has 0 fully saturated rings. The Kier molecular flexibility index (Phi) is 6.09. The van der Waals surface area contributed by atoms with Crippen LogP contribution in [-0.2, 0) is 9.59 Å². The smallest absolute Gasteiger partial charge is 0.249 e. The maximum atomic E-state index is 12.0. The molecule has 0 bridgehead atoms. The number of hydrogen-bond acceptors (Lipinski definition) is 4. The van der Waals surface area contributed by atoms with Crippen LogP contribution in [0.3, 0.4) is 0 Å². The summed E-state index contributed by atoms with van der Waals surface area (Å²) in [6.07, 6.45) is 2.76. The van der Waals surface area contributed by atoms with E-state index in [0.29, 0.717) is 0 Å². The fourth-order valence-corrected chi connectivity index (χ4v) is 3.30. The topological polar surface area (TPSA) is 82.9 Å². The zero-order valence-corrected chi connectivity index (χ0v) is 16.7. The molecule has 6 heteroatoms. The standard InChI is InChI=1S/C25H20N4O2/c30-24(28-26-16-20-11-5-9-18-7-1-3-13-22(18)20)15-25(31)29-27-17-21-12-6-10-19-8-2-4-14-23(19)21/h1-14,16-17H,15H2,(H,28,30)(H,29,31)/b26-16-,27-17-. The highest BCUT2D eigenvalue weighted by atomic mass is 16.2. The third-order valence-corrected chi connectivity index (χ3v) is 4.75. The monoisotopic (exact) mass is 408 g/mol. The second-order valence-corrected chi connectivity index (χ2v) is 6.90. The Morgan fingerprint density at radius 3 is 1.52 bits per heavy atom. The second-order valence-electron chi connectivity index (χ2n) is 6.90. The van der Waals surface area contributed by atoms with E-state index < -0.39 is 11.8 Å². The Labute approximate surface area is 179 Å². The summed E-state index contributed by atoms with van der Waals surface area (Å²) in [7, 11) is 0. The molecular formula is C25H20N4O2. The van der Waals surface area contributed by atoms with Gasteiger partial charge in [0, 0.05) is 11.1 Å². The molecule has 0 unspecified atom stereocenters. The largest absolute Gasteiger partial charge is 0.273 e. The minimum absolute atomic E-state index is 0.375. The normalized spacial score (nSPS) is 11.4. The molecule has 4 aromatic carbocycles. The molecule has 0 aliphatic heterocycles. The number of hydrogen-bond donors (Lipinski definition) is 2. The van der Waals surface area contributed by atoms with E-state index in [9.17, 15) is 9.59 Å². The van der Waals surface area contributed by atoms with E-state index >= 15 is 0 Å². The van der Waals surface area contributed by atoms with E-state index in [0.717, 1.165) is 32.7 Å². The number of carbonyl (C=O) groups excluding carboxylic acids is 2. The highest BCUT2D eigenvalue weighted by Crippen LogP contribution is 2.17. The Morgan fingerprint density at radius 2 is 1.03 bits per heavy atom. The van der Waals surface area contributed by atoms with Crippen molar-refractivity contribution in [2.24, 2.45) is 10.2 Å². The lowest BCUT2D eigenvalue weighted by molar-refractivity contribution is -0.129. The molecule has 0 spiro atoms. The van der Waals surface area contributed by atoms with E-state index in [-0.39, 0.29) is 6.42 Å². The van der Waals surface area contributed by atoms with E-state index in [4.69, 9.17) is 0 Å². The molecule has 0 saturated heterocycles. The van der Waals surface area contributed by atoms with Gasteiger partial charge in [-0.05, 0) is 21.5 Å². The van der Waals surface area contributed by atoms with Crippen LogP contribution in [0.4, 0.5) is 0 Å². The van der Waals surface area contributed by atoms with Gasteiger partial charge in [0.1, 0.15) is 6.42 Å². The van der Waals surface area contributed by atoms with E-state index in [1.54, 1.807) is 12.4 Å². The van der Waals surface area contributed by atoms with Gasteiger partial charge in [-0.25, -0.2) is 10.9 Å². The average Bonchev–Trinajstić information content (AvgIpc) is 2.79. The Morgan fingerprint density at radius 1 is 0.613 bits per heavy atom. The third-order valence-electron chi connectivity index (χ3n) is 4.75. The summed E-state index contributed by atoms with van der Waals surface area (Å²) in [5.74, 6) is -1.04. The van der Waals surface area contributed by atoms with Crippen molar-refractivity contribution in [2.45, 2.75) is 6.42 Å². The molecule has 4 rings (SSSR count). The van der Waals surface area contributed by atoms with Crippen molar-refractivity contribution in [1.82, 2.24) is 10.9 Å². The van der Waals surface area contributed by atoms with Crippen LogP contribution in [0, 0.1) is 0 Å². The zero-order chi connectivity index (χ0) is 21.5. The van der Waals surface area contributed by atoms with Crippen LogP contribution in [0.15, 0.2) is 95.1 Å². The molecule has 0 heterocycles. The summed E-state index contributed by atoms with van der Waals surface area (Å²) in [4.78, 5) is 24.0. The van der Waals surface area contributed by atoms with Crippen LogP contribution in [0.2, 0.25) is 0 Å². The van der Waals surface area contributed by atoms with E-state index in [1.807, 2.05) is 84.9 Å². The summed E-state index contributed by atoms with van der Waals surface area (Å²) in [5, 5.41) is 12.2. The molecule has 0 aliphatic rings. The Bertz CT molecular complexity index is 1200. The lowest BCUT2D eigenvalue weighted by Crippen LogP contribution is -2.27. The number of amides is 2. The van der Waals surface area contributed by atoms with Crippen LogP contribution < -0.4 is 10.9 Å². The molecule has 0 aromatic heterocycles. The first-order chi connectivity index (χ1) is 15.2. The van der Waals surface area contributed by atoms with E-state index in [2.05, 4.69) is 21.1 Å². The summed E-state index contributed by atoms with van der Waals surface area (Å²) in [6, 6.07) is 27.5. The lowest BCUT2D eigenvalue weighted by Gasteiger charge is -2.03. The first-order valence-corrected chi connectivity index (χ1v) is 9.80. The number of rotatable bonds is 6. The van der Waals surface area contributed by atoms with Gasteiger partial charge in [0.05, 0.1) is 12.4 Å². The highest BCUT2D eigenvalue weighted by Gasteiger charge is 2.07. The molecule has 4 aromatic rings. The van der Waals surface area contributed by atoms with E-state index in [1.165, 1.54) is 0 Å². The highest BCUT2D eigenvalue weighted by molar-refractivity contribution is 6.02. The molecule has 2 amide bonds. The molecule has 6 nitrogen and oxygen atoms in total. The maximum absolute atomic E-state index is 12.0. The SMILES string of the molecule is O=C(CC(=O)N/N=C\c1cccc2ccccc12)N/N=C\c1cccc2ccccc12. The molecule has 31 heavy (non-hydrogen) atoms. The van der Waals surface area contributed by atoms with Gasteiger partial charge in [0.15, 0.2) is 0 Å². The van der Waals surface area contributed by atoms with Gasteiger partial charge in [0.2, 0.25) is 11.8 Å². The summed E-state index contributed by atoms with van der Waals surface area (Å²) < 4.78 is 0. The molecule has 2 N–H and O–H groups in total. The summed E-state index contributed by atoms with van der Waals surface area (Å²) in [5.41, 5.74) is 6.51. The lowest BCUT2D eigenvalue weighted by atomic mass is 10.1. The first kappa shape index (κ1) is 20.0. The van der Waals surface area contributed by atoms with Crippen LogP contribution in [-0.4, -0.2) is 24.2 Å². The molecule has 0 radical (unpaired) electrons. The van der Waals surface area contributed by atoms with Gasteiger partial charge in [0.25, 0.3) is 0 Å². The number of benzene rings is 4. The number of carbonyl (C=O) groups is 2. The maximum Gasteiger partial charge on any atom is 0.249 e. The van der Waals surface area contributed by atoms with Gasteiger partial charge < -0.3 is 0 Å². The first-order valence-electron chi connectivity index (χ1n) is 9.80. The van der Waals surface area contributed by atoms with Gasteiger partial charge in [-0.15, -0.1) is 0 Å². The van der Waals surface area contributed by atoms with Crippen molar-refractivity contribution in [3.05, 3.63) is 96.1 Å². The second kappa shape index (κ2) is 9.45. The minimum atomic E-state index is -0.519. The fraction of sp³-hybridized carbons (Fsp3) is 0.0400. The minimum Gasteiger partial charge on any atom is -0.273 e. The Hall–Kier alpha value is -4.32. The zero-order valence-electron chi connectivity index (χ0n) is 16.7. The van der Waals surface area contributed by atoms with Crippen molar-refractivity contribution in [2.75, 3.05) is 0 Å². The summed E-state index contributed by atoms with van der Waals surface area (Å²) >= 11 is 0. The predicted octanol–water partition coefficient (Wildman–Crippen LogP) is 3.98. The van der Waals surface area contributed by atoms with Crippen molar-refractivity contribution >= 4 is 45.8 Å². The third kappa shape index (κ3) is 5.00. The Balaban J connectivity index is 1.31. The van der Waals surface area contributed by atoms with Crippen LogP contribution in [0.25, 0.3) is 21.5 Å². The predicted molar refractivity (Wildman–Crippen MR) is 124 cm³/mol. The molecule has 0 saturated carbocycles. The molecule has 0 aliphatic carbocycles. The van der Waals surface area contributed by atoms with Gasteiger partial charge in [-0.1, -0.05) is 84.9 Å². The van der Waals surface area contributed by atoms with Crippen molar-refractivity contribution in [3.8, 4) is 0 Å². The number of nitrogens with zero attached hydrogens (tertiary/aromatic N) is 2. The summed E-state index contributed by atoms with van der Waals surface area (Å²) in [6.45, 7) is 0. The quantitative estimate of drug-likeness (QED) is 0.287. The van der Waals surface area contributed by atoms with Crippen LogP contribution in [0.1, 0.15) is 17.5 Å².